The molecule has 0 unspecified atom stereocenters. The minimum Gasteiger partial charge on any atom is -0.337 e. The van der Waals surface area contributed by atoms with Crippen LogP contribution in [0.25, 0.3) is 11.4 Å². The third-order valence-electron chi connectivity index (χ3n) is 7.75. The predicted molar refractivity (Wildman–Crippen MR) is 164 cm³/mol. The van der Waals surface area contributed by atoms with Crippen LogP contribution in [-0.2, 0) is 17.8 Å². The van der Waals surface area contributed by atoms with Crippen molar-refractivity contribution in [2.45, 2.75) is 64.5 Å². The van der Waals surface area contributed by atoms with Crippen LogP contribution in [0.15, 0.2) is 83.4 Å². The molecule has 1 aliphatic rings. The van der Waals surface area contributed by atoms with Gasteiger partial charge in [-0.15, -0.1) is 0 Å². The number of hydrogen-bond donors (Lipinski definition) is 0. The molecule has 0 N–H and O–H groups in total. The van der Waals surface area contributed by atoms with Crippen molar-refractivity contribution in [1.29, 1.82) is 0 Å². The average Bonchev–Trinajstić information content (AvgIpc) is 3.52. The van der Waals surface area contributed by atoms with Gasteiger partial charge in [0.15, 0.2) is 0 Å². The van der Waals surface area contributed by atoms with Crippen molar-refractivity contribution in [2.24, 2.45) is 0 Å². The Labute approximate surface area is 252 Å². The molecule has 4 aromatic rings. The van der Waals surface area contributed by atoms with Gasteiger partial charge in [-0.3, -0.25) is 9.59 Å². The SMILES string of the molecule is CCCCCc1ccc(C(=O)N(CC(=O)N2CCCC[C@@H]2c2nc(-c3ccc(Cl)cc3)no2)Cc2ccccc2)cc1. The first kappa shape index (κ1) is 29.5. The number of aromatic nitrogens is 2. The van der Waals surface area contributed by atoms with E-state index >= 15 is 0 Å². The molecule has 7 nitrogen and oxygen atoms in total. The Hall–Kier alpha value is -3.97. The average molecular weight is 585 g/mol. The summed E-state index contributed by atoms with van der Waals surface area (Å²) in [6.07, 6.45) is 7.05. The smallest absolute Gasteiger partial charge is 0.254 e. The first-order valence-electron chi connectivity index (χ1n) is 14.8. The predicted octanol–water partition coefficient (Wildman–Crippen LogP) is 7.52. The van der Waals surface area contributed by atoms with E-state index in [1.165, 1.54) is 18.4 Å². The number of aryl methyl sites for hydroxylation is 1. The zero-order valence-corrected chi connectivity index (χ0v) is 24.8. The van der Waals surface area contributed by atoms with E-state index in [0.717, 1.165) is 43.2 Å². The van der Waals surface area contributed by atoms with Crippen molar-refractivity contribution in [2.75, 3.05) is 13.1 Å². The highest BCUT2D eigenvalue weighted by Crippen LogP contribution is 2.32. The minimum absolute atomic E-state index is 0.0410. The van der Waals surface area contributed by atoms with Gasteiger partial charge in [0.25, 0.3) is 5.91 Å². The van der Waals surface area contributed by atoms with Gasteiger partial charge in [0, 0.05) is 29.2 Å². The molecule has 1 fully saturated rings. The molecule has 42 heavy (non-hydrogen) atoms. The first-order chi connectivity index (χ1) is 20.5. The number of piperidine rings is 1. The quantitative estimate of drug-likeness (QED) is 0.170. The molecule has 8 heteroatoms. The standard InChI is InChI=1S/C34H37ClN4O3/c1-2-3-5-10-25-14-16-28(17-15-25)34(41)38(23-26-11-6-4-7-12-26)24-31(40)39-22-9-8-13-30(39)33-36-32(37-42-33)27-18-20-29(35)21-19-27/h4,6-7,11-12,14-21,30H,2-3,5,8-10,13,22-24H2,1H3/t30-/m1/s1. The van der Waals surface area contributed by atoms with Crippen LogP contribution in [0.5, 0.6) is 0 Å². The van der Waals surface area contributed by atoms with Crippen LogP contribution in [-0.4, -0.2) is 44.8 Å². The fourth-order valence-electron chi connectivity index (χ4n) is 5.41. The Bertz CT molecular complexity index is 1450. The summed E-state index contributed by atoms with van der Waals surface area (Å²) in [6, 6.07) is 24.5. The van der Waals surface area contributed by atoms with Crippen molar-refractivity contribution in [3.8, 4) is 11.4 Å². The highest BCUT2D eigenvalue weighted by Gasteiger charge is 2.34. The van der Waals surface area contributed by atoms with E-state index in [9.17, 15) is 9.59 Å². The maximum atomic E-state index is 13.9. The van der Waals surface area contributed by atoms with E-state index in [-0.39, 0.29) is 24.4 Å². The normalized spacial score (nSPS) is 15.0. The van der Waals surface area contributed by atoms with Gasteiger partial charge in [-0.2, -0.15) is 4.98 Å². The maximum absolute atomic E-state index is 13.9. The topological polar surface area (TPSA) is 79.5 Å². The van der Waals surface area contributed by atoms with Gasteiger partial charge in [-0.05, 0) is 79.6 Å². The summed E-state index contributed by atoms with van der Waals surface area (Å²) in [5.41, 5.74) is 3.56. The van der Waals surface area contributed by atoms with E-state index in [1.54, 1.807) is 21.9 Å². The van der Waals surface area contributed by atoms with Gasteiger partial charge in [-0.25, -0.2) is 0 Å². The van der Waals surface area contributed by atoms with Gasteiger partial charge in [0.1, 0.15) is 12.6 Å². The number of carbonyl (C=O) groups is 2. The van der Waals surface area contributed by atoms with Crippen LogP contribution < -0.4 is 0 Å². The number of likely N-dealkylation sites (tertiary alicyclic amines) is 1. The number of nitrogens with zero attached hydrogens (tertiary/aromatic N) is 4. The number of unbranched alkanes of at least 4 members (excludes halogenated alkanes) is 2. The number of benzene rings is 3. The summed E-state index contributed by atoms with van der Waals surface area (Å²) in [5.74, 6) is 0.571. The van der Waals surface area contributed by atoms with Gasteiger partial charge in [0.05, 0.1) is 0 Å². The lowest BCUT2D eigenvalue weighted by Crippen LogP contribution is -2.45. The monoisotopic (exact) mass is 584 g/mol. The summed E-state index contributed by atoms with van der Waals surface area (Å²) in [5, 5.41) is 4.80. The number of halogens is 1. The van der Waals surface area contributed by atoms with Crippen LogP contribution in [0.2, 0.25) is 5.02 Å². The van der Waals surface area contributed by atoms with E-state index in [4.69, 9.17) is 16.1 Å². The third kappa shape index (κ3) is 7.45. The maximum Gasteiger partial charge on any atom is 0.254 e. The molecule has 1 atom stereocenters. The van der Waals surface area contributed by atoms with E-state index < -0.39 is 0 Å². The fourth-order valence-corrected chi connectivity index (χ4v) is 5.53. The molecular formula is C34H37ClN4O3. The van der Waals surface area contributed by atoms with E-state index in [0.29, 0.717) is 35.4 Å². The molecule has 218 valence electrons. The number of hydrogen-bond acceptors (Lipinski definition) is 5. The van der Waals surface area contributed by atoms with Gasteiger partial charge < -0.3 is 14.3 Å². The zero-order valence-electron chi connectivity index (χ0n) is 24.0. The molecule has 0 bridgehead atoms. The number of amides is 2. The Morgan fingerprint density at radius 2 is 1.71 bits per heavy atom. The highest BCUT2D eigenvalue weighted by atomic mass is 35.5. The Kier molecular flexibility index (Phi) is 10.0. The molecule has 2 amide bonds. The second-order valence-corrected chi connectivity index (χ2v) is 11.3. The molecule has 2 heterocycles. The van der Waals surface area contributed by atoms with Crippen molar-refractivity contribution in [3.05, 3.63) is 106 Å². The molecule has 1 aromatic heterocycles. The molecule has 1 saturated heterocycles. The summed E-state index contributed by atoms with van der Waals surface area (Å²) >= 11 is 6.03. The molecule has 1 aliphatic heterocycles. The van der Waals surface area contributed by atoms with Gasteiger partial charge in [0.2, 0.25) is 17.6 Å². The molecule has 0 saturated carbocycles. The Morgan fingerprint density at radius 3 is 2.45 bits per heavy atom. The molecular weight excluding hydrogens is 548 g/mol. The number of rotatable bonds is 11. The van der Waals surface area contributed by atoms with Crippen molar-refractivity contribution < 1.29 is 14.1 Å². The molecule has 0 radical (unpaired) electrons. The van der Waals surface area contributed by atoms with E-state index in [2.05, 4.69) is 17.1 Å². The molecule has 3 aromatic carbocycles. The first-order valence-corrected chi connectivity index (χ1v) is 15.2. The second-order valence-electron chi connectivity index (χ2n) is 10.9. The lowest BCUT2D eigenvalue weighted by atomic mass is 10.0. The van der Waals surface area contributed by atoms with Crippen molar-refractivity contribution >= 4 is 23.4 Å². The van der Waals surface area contributed by atoms with E-state index in [1.807, 2.05) is 66.7 Å². The minimum atomic E-state index is -0.337. The van der Waals surface area contributed by atoms with Crippen LogP contribution >= 0.6 is 11.6 Å². The van der Waals surface area contributed by atoms with Gasteiger partial charge >= 0.3 is 0 Å². The summed E-state index contributed by atoms with van der Waals surface area (Å²) < 4.78 is 5.66. The highest BCUT2D eigenvalue weighted by molar-refractivity contribution is 6.30. The third-order valence-corrected chi connectivity index (χ3v) is 8.00. The number of carbonyl (C=O) groups excluding carboxylic acids is 2. The summed E-state index contributed by atoms with van der Waals surface area (Å²) in [4.78, 5) is 35.7. The lowest BCUT2D eigenvalue weighted by Gasteiger charge is -2.35. The Morgan fingerprint density at radius 1 is 0.952 bits per heavy atom. The summed E-state index contributed by atoms with van der Waals surface area (Å²) in [6.45, 7) is 3.06. The Balaban J connectivity index is 1.33. The van der Waals surface area contributed by atoms with Crippen LogP contribution in [0.1, 0.15) is 78.9 Å². The fraction of sp³-hybridized carbons (Fsp3) is 0.353. The van der Waals surface area contributed by atoms with Crippen molar-refractivity contribution in [1.82, 2.24) is 19.9 Å². The second kappa shape index (κ2) is 14.3. The lowest BCUT2D eigenvalue weighted by molar-refractivity contribution is -0.136. The molecule has 5 rings (SSSR count). The van der Waals surface area contributed by atoms with Gasteiger partial charge in [-0.1, -0.05) is 79.0 Å². The zero-order chi connectivity index (χ0) is 29.3. The molecule has 0 spiro atoms. The summed E-state index contributed by atoms with van der Waals surface area (Å²) in [7, 11) is 0. The largest absolute Gasteiger partial charge is 0.337 e. The van der Waals surface area contributed by atoms with Crippen LogP contribution in [0, 0.1) is 0 Å². The van der Waals surface area contributed by atoms with Crippen LogP contribution in [0.3, 0.4) is 0 Å². The molecule has 0 aliphatic carbocycles. The van der Waals surface area contributed by atoms with Crippen LogP contribution in [0.4, 0.5) is 0 Å². The van der Waals surface area contributed by atoms with Crippen molar-refractivity contribution in [3.63, 3.8) is 0 Å².